The van der Waals surface area contributed by atoms with E-state index in [0.29, 0.717) is 19.8 Å². The largest absolute Gasteiger partial charge is 0.377 e. The fourth-order valence-corrected chi connectivity index (χ4v) is 2.43. The Balaban J connectivity index is 2.27. The third kappa shape index (κ3) is 2.53. The van der Waals surface area contributed by atoms with Crippen LogP contribution in [-0.4, -0.2) is 36.6 Å². The standard InChI is InChI=1S/C13H16BrNO2/c1-9-4-3-5-11(12(9)14)13(16)15-6-7-17-8-10(15)2/h3-5,10H,6-8H2,1-2H3/t10-/m1/s1. The Labute approximate surface area is 110 Å². The lowest BCUT2D eigenvalue weighted by Crippen LogP contribution is -2.47. The average molecular weight is 298 g/mol. The number of benzene rings is 1. The zero-order valence-corrected chi connectivity index (χ0v) is 11.7. The second kappa shape index (κ2) is 5.19. The van der Waals surface area contributed by atoms with Gasteiger partial charge in [0.15, 0.2) is 0 Å². The zero-order valence-electron chi connectivity index (χ0n) is 10.1. The van der Waals surface area contributed by atoms with Gasteiger partial charge in [-0.1, -0.05) is 12.1 Å². The van der Waals surface area contributed by atoms with E-state index in [1.165, 1.54) is 0 Å². The highest BCUT2D eigenvalue weighted by molar-refractivity contribution is 9.10. The van der Waals surface area contributed by atoms with Crippen molar-refractivity contribution in [2.45, 2.75) is 19.9 Å². The highest BCUT2D eigenvalue weighted by Crippen LogP contribution is 2.23. The molecule has 0 aromatic heterocycles. The third-order valence-corrected chi connectivity index (χ3v) is 4.10. The van der Waals surface area contributed by atoms with E-state index in [9.17, 15) is 4.79 Å². The summed E-state index contributed by atoms with van der Waals surface area (Å²) in [5.41, 5.74) is 1.82. The summed E-state index contributed by atoms with van der Waals surface area (Å²) in [6.07, 6.45) is 0. The highest BCUT2D eigenvalue weighted by Gasteiger charge is 2.26. The van der Waals surface area contributed by atoms with Crippen molar-refractivity contribution in [3.8, 4) is 0 Å². The van der Waals surface area contributed by atoms with Gasteiger partial charge in [0.05, 0.1) is 24.8 Å². The summed E-state index contributed by atoms with van der Waals surface area (Å²) in [5, 5.41) is 0. The Hall–Kier alpha value is -0.870. The van der Waals surface area contributed by atoms with Crippen LogP contribution in [-0.2, 0) is 4.74 Å². The zero-order chi connectivity index (χ0) is 12.4. The normalized spacial score (nSPS) is 20.4. The number of carbonyl (C=O) groups excluding carboxylic acids is 1. The predicted molar refractivity (Wildman–Crippen MR) is 70.2 cm³/mol. The van der Waals surface area contributed by atoms with Gasteiger partial charge in [-0.2, -0.15) is 0 Å². The maximum absolute atomic E-state index is 12.4. The van der Waals surface area contributed by atoms with Gasteiger partial charge in [0.2, 0.25) is 0 Å². The van der Waals surface area contributed by atoms with Crippen molar-refractivity contribution in [1.82, 2.24) is 4.90 Å². The van der Waals surface area contributed by atoms with Crippen LogP contribution in [0.5, 0.6) is 0 Å². The summed E-state index contributed by atoms with van der Waals surface area (Å²) < 4.78 is 6.24. The number of morpholine rings is 1. The number of carbonyl (C=O) groups is 1. The second-order valence-corrected chi connectivity index (χ2v) is 5.15. The SMILES string of the molecule is Cc1cccc(C(=O)N2CCOC[C@H]2C)c1Br. The van der Waals surface area contributed by atoms with Crippen LogP contribution >= 0.6 is 15.9 Å². The number of hydrogen-bond donors (Lipinski definition) is 0. The molecule has 0 radical (unpaired) electrons. The molecule has 0 aliphatic carbocycles. The smallest absolute Gasteiger partial charge is 0.255 e. The number of aryl methyl sites for hydroxylation is 1. The number of nitrogens with zero attached hydrogens (tertiary/aromatic N) is 1. The number of ether oxygens (including phenoxy) is 1. The number of amides is 1. The van der Waals surface area contributed by atoms with Gasteiger partial charge in [0.1, 0.15) is 0 Å². The second-order valence-electron chi connectivity index (χ2n) is 4.36. The molecule has 17 heavy (non-hydrogen) atoms. The Morgan fingerprint density at radius 1 is 1.53 bits per heavy atom. The molecule has 1 atom stereocenters. The quantitative estimate of drug-likeness (QED) is 0.797. The van der Waals surface area contributed by atoms with E-state index >= 15 is 0 Å². The van der Waals surface area contributed by atoms with Gasteiger partial charge in [-0.05, 0) is 41.4 Å². The van der Waals surface area contributed by atoms with Crippen molar-refractivity contribution in [2.75, 3.05) is 19.8 Å². The van der Waals surface area contributed by atoms with Crippen molar-refractivity contribution >= 4 is 21.8 Å². The maximum Gasteiger partial charge on any atom is 0.255 e. The number of hydrogen-bond acceptors (Lipinski definition) is 2. The van der Waals surface area contributed by atoms with Crippen LogP contribution in [0.4, 0.5) is 0 Å². The fourth-order valence-electron chi connectivity index (χ4n) is 2.00. The molecule has 3 nitrogen and oxygen atoms in total. The molecule has 1 fully saturated rings. The lowest BCUT2D eigenvalue weighted by molar-refractivity contribution is 0.00354. The van der Waals surface area contributed by atoms with Crippen LogP contribution in [0.1, 0.15) is 22.8 Å². The molecular weight excluding hydrogens is 282 g/mol. The van der Waals surface area contributed by atoms with E-state index in [2.05, 4.69) is 15.9 Å². The van der Waals surface area contributed by atoms with E-state index < -0.39 is 0 Å². The molecule has 2 rings (SSSR count). The average Bonchev–Trinajstić information content (AvgIpc) is 2.32. The number of halogens is 1. The van der Waals surface area contributed by atoms with Gasteiger partial charge in [0.25, 0.3) is 5.91 Å². The first-order valence-corrected chi connectivity index (χ1v) is 6.54. The molecule has 0 unspecified atom stereocenters. The minimum absolute atomic E-state index is 0.0800. The minimum Gasteiger partial charge on any atom is -0.377 e. The predicted octanol–water partition coefficient (Wildman–Crippen LogP) is 2.62. The number of rotatable bonds is 1. The van der Waals surface area contributed by atoms with Gasteiger partial charge < -0.3 is 9.64 Å². The van der Waals surface area contributed by atoms with E-state index in [-0.39, 0.29) is 11.9 Å². The molecule has 1 aliphatic rings. The molecule has 1 aromatic rings. The lowest BCUT2D eigenvalue weighted by Gasteiger charge is -2.33. The van der Waals surface area contributed by atoms with Crippen LogP contribution in [0.3, 0.4) is 0 Å². The molecule has 4 heteroatoms. The molecule has 1 saturated heterocycles. The van der Waals surface area contributed by atoms with E-state index in [1.54, 1.807) is 0 Å². The summed E-state index contributed by atoms with van der Waals surface area (Å²) in [6.45, 7) is 5.92. The summed E-state index contributed by atoms with van der Waals surface area (Å²) in [4.78, 5) is 14.3. The molecule has 0 bridgehead atoms. The Morgan fingerprint density at radius 3 is 3.00 bits per heavy atom. The molecule has 1 heterocycles. The molecule has 92 valence electrons. The lowest BCUT2D eigenvalue weighted by atomic mass is 10.1. The molecule has 0 N–H and O–H groups in total. The van der Waals surface area contributed by atoms with Crippen molar-refractivity contribution < 1.29 is 9.53 Å². The maximum atomic E-state index is 12.4. The van der Waals surface area contributed by atoms with Crippen LogP contribution in [0.25, 0.3) is 0 Å². The summed E-state index contributed by atoms with van der Waals surface area (Å²) in [5.74, 6) is 0.0800. The van der Waals surface area contributed by atoms with Gasteiger partial charge >= 0.3 is 0 Å². The van der Waals surface area contributed by atoms with E-state index in [1.807, 2.05) is 36.9 Å². The van der Waals surface area contributed by atoms with Crippen LogP contribution < -0.4 is 0 Å². The van der Waals surface area contributed by atoms with Gasteiger partial charge in [-0.15, -0.1) is 0 Å². The topological polar surface area (TPSA) is 29.5 Å². The van der Waals surface area contributed by atoms with Crippen molar-refractivity contribution in [3.05, 3.63) is 33.8 Å². The van der Waals surface area contributed by atoms with Crippen molar-refractivity contribution in [2.24, 2.45) is 0 Å². The Kier molecular flexibility index (Phi) is 3.84. The first-order chi connectivity index (χ1) is 8.11. The summed E-state index contributed by atoms with van der Waals surface area (Å²) in [6, 6.07) is 5.91. The molecule has 0 spiro atoms. The first-order valence-electron chi connectivity index (χ1n) is 5.75. The van der Waals surface area contributed by atoms with Gasteiger partial charge in [-0.25, -0.2) is 0 Å². The molecule has 1 amide bonds. The molecule has 1 aromatic carbocycles. The first kappa shape index (κ1) is 12.6. The molecule has 0 saturated carbocycles. The fraction of sp³-hybridized carbons (Fsp3) is 0.462. The van der Waals surface area contributed by atoms with Crippen LogP contribution in [0.2, 0.25) is 0 Å². The van der Waals surface area contributed by atoms with E-state index in [4.69, 9.17) is 4.74 Å². The summed E-state index contributed by atoms with van der Waals surface area (Å²) in [7, 11) is 0. The Bertz CT molecular complexity index is 433. The molecular formula is C13H16BrNO2. The molecule has 1 aliphatic heterocycles. The van der Waals surface area contributed by atoms with Crippen molar-refractivity contribution in [1.29, 1.82) is 0 Å². The van der Waals surface area contributed by atoms with Crippen molar-refractivity contribution in [3.63, 3.8) is 0 Å². The Morgan fingerprint density at radius 2 is 2.29 bits per heavy atom. The van der Waals surface area contributed by atoms with Crippen LogP contribution in [0, 0.1) is 6.92 Å². The highest BCUT2D eigenvalue weighted by atomic mass is 79.9. The monoisotopic (exact) mass is 297 g/mol. The summed E-state index contributed by atoms with van der Waals surface area (Å²) >= 11 is 3.49. The minimum atomic E-state index is 0.0800. The van der Waals surface area contributed by atoms with Gasteiger partial charge in [0, 0.05) is 11.0 Å². The third-order valence-electron chi connectivity index (χ3n) is 3.05. The van der Waals surface area contributed by atoms with E-state index in [0.717, 1.165) is 15.6 Å². The van der Waals surface area contributed by atoms with Gasteiger partial charge in [-0.3, -0.25) is 4.79 Å². The van der Waals surface area contributed by atoms with Crippen LogP contribution in [0.15, 0.2) is 22.7 Å².